The topological polar surface area (TPSA) is 21.3 Å². The fourth-order valence-corrected chi connectivity index (χ4v) is 5.30. The second-order valence-corrected chi connectivity index (χ2v) is 12.3. The Morgan fingerprint density at radius 1 is 0.432 bits per heavy atom. The van der Waals surface area contributed by atoms with Crippen molar-refractivity contribution in [2.45, 2.75) is 174 Å². The molecule has 0 fully saturated rings. The summed E-state index contributed by atoms with van der Waals surface area (Å²) in [5, 5.41) is 3.25. The Morgan fingerprint density at radius 2 is 0.818 bits per heavy atom. The maximum Gasteiger partial charge on any atom is 0.0575 e. The molecule has 0 bridgehead atoms. The highest BCUT2D eigenvalue weighted by Crippen LogP contribution is 2.18. The lowest BCUT2D eigenvalue weighted by Gasteiger charge is -2.18. The van der Waals surface area contributed by atoms with Crippen molar-refractivity contribution in [3.05, 3.63) is 72.9 Å². The number of ether oxygens (including phenoxy) is 1. The van der Waals surface area contributed by atoms with Crippen LogP contribution < -0.4 is 5.32 Å². The van der Waals surface area contributed by atoms with Crippen LogP contribution in [0.1, 0.15) is 168 Å². The zero-order valence-corrected chi connectivity index (χ0v) is 29.8. The van der Waals surface area contributed by atoms with Gasteiger partial charge in [0.15, 0.2) is 0 Å². The molecule has 1 N–H and O–H groups in total. The van der Waals surface area contributed by atoms with E-state index in [2.05, 4.69) is 92.1 Å². The summed E-state index contributed by atoms with van der Waals surface area (Å²) in [6, 6.07) is 0. The van der Waals surface area contributed by atoms with Crippen molar-refractivity contribution in [1.82, 2.24) is 5.32 Å². The molecule has 0 spiro atoms. The minimum absolute atomic E-state index is 0.480. The summed E-state index contributed by atoms with van der Waals surface area (Å²) < 4.78 is 6.38. The summed E-state index contributed by atoms with van der Waals surface area (Å²) in [6.07, 6.45) is 58.3. The van der Waals surface area contributed by atoms with E-state index in [1.165, 1.54) is 116 Å². The Kier molecular flexibility index (Phi) is 37.9. The van der Waals surface area contributed by atoms with Gasteiger partial charge >= 0.3 is 0 Å². The third-order valence-corrected chi connectivity index (χ3v) is 8.03. The summed E-state index contributed by atoms with van der Waals surface area (Å²) >= 11 is 0. The van der Waals surface area contributed by atoms with Crippen LogP contribution in [-0.4, -0.2) is 26.3 Å². The monoisotopic (exact) mass is 610 g/mol. The smallest absolute Gasteiger partial charge is 0.0575 e. The van der Waals surface area contributed by atoms with E-state index in [0.29, 0.717) is 6.10 Å². The molecular weight excluding hydrogens is 534 g/mol. The van der Waals surface area contributed by atoms with E-state index in [1.54, 1.807) is 0 Å². The average Bonchev–Trinajstić information content (AvgIpc) is 3.03. The molecule has 0 heterocycles. The van der Waals surface area contributed by atoms with Crippen molar-refractivity contribution in [3.63, 3.8) is 0 Å². The molecule has 0 saturated heterocycles. The highest BCUT2D eigenvalue weighted by Gasteiger charge is 2.09. The van der Waals surface area contributed by atoms with Gasteiger partial charge in [0.25, 0.3) is 0 Å². The third kappa shape index (κ3) is 36.6. The molecule has 0 aliphatic heterocycles. The van der Waals surface area contributed by atoms with Crippen LogP contribution >= 0.6 is 0 Å². The number of nitrogens with one attached hydrogen (secondary N) is 1. The first-order valence-corrected chi connectivity index (χ1v) is 19.0. The van der Waals surface area contributed by atoms with Gasteiger partial charge in [-0.3, -0.25) is 0 Å². The van der Waals surface area contributed by atoms with E-state index in [9.17, 15) is 0 Å². The molecule has 44 heavy (non-hydrogen) atoms. The minimum atomic E-state index is 0.480. The zero-order valence-electron chi connectivity index (χ0n) is 29.8. The summed E-state index contributed by atoms with van der Waals surface area (Å²) in [5.41, 5.74) is 0. The third-order valence-electron chi connectivity index (χ3n) is 8.03. The van der Waals surface area contributed by atoms with Gasteiger partial charge in [-0.2, -0.15) is 0 Å². The second-order valence-electron chi connectivity index (χ2n) is 12.3. The van der Waals surface area contributed by atoms with Crippen molar-refractivity contribution in [3.8, 4) is 0 Å². The van der Waals surface area contributed by atoms with E-state index >= 15 is 0 Å². The van der Waals surface area contributed by atoms with E-state index in [1.807, 2.05) is 7.05 Å². The summed E-state index contributed by atoms with van der Waals surface area (Å²) in [5.74, 6) is 0. The molecule has 0 aliphatic carbocycles. The van der Waals surface area contributed by atoms with Crippen LogP contribution in [0.3, 0.4) is 0 Å². The van der Waals surface area contributed by atoms with Gasteiger partial charge in [-0.25, -0.2) is 0 Å². The number of rotatable bonds is 34. The van der Waals surface area contributed by atoms with Gasteiger partial charge in [-0.1, -0.05) is 151 Å². The van der Waals surface area contributed by atoms with Crippen molar-refractivity contribution in [2.24, 2.45) is 0 Å². The number of unbranched alkanes of at least 4 members (excludes halogenated alkanes) is 13. The summed E-state index contributed by atoms with van der Waals surface area (Å²) in [7, 11) is 2.04. The standard InChI is InChI=1S/C42H75NO/c1-4-6-8-10-12-14-16-18-20-22-24-26-28-30-32-34-38-42(44-41-37-36-40-43-3)39-35-33-31-29-27-25-23-21-19-17-15-13-11-9-7-5-2/h6-9,12-15,18-21,42-43H,4-5,10-11,16-17,22-41H2,1-3H3/b8-6-,9-7-,14-12-,15-13-,20-18-,21-19-. The molecule has 254 valence electrons. The summed E-state index contributed by atoms with van der Waals surface area (Å²) in [6.45, 7) is 6.40. The van der Waals surface area contributed by atoms with Crippen molar-refractivity contribution >= 4 is 0 Å². The molecule has 2 heteroatoms. The molecule has 0 aromatic carbocycles. The predicted molar refractivity (Wildman–Crippen MR) is 201 cm³/mol. The lowest BCUT2D eigenvalue weighted by molar-refractivity contribution is 0.0360. The quantitative estimate of drug-likeness (QED) is 0.0579. The lowest BCUT2D eigenvalue weighted by Crippen LogP contribution is -2.15. The normalized spacial score (nSPS) is 12.8. The Hall–Kier alpha value is -1.64. The van der Waals surface area contributed by atoms with E-state index < -0.39 is 0 Å². The van der Waals surface area contributed by atoms with Gasteiger partial charge in [0, 0.05) is 6.61 Å². The SMILES string of the molecule is CC/C=C\C/C=C\C/C=C\CCCCCCCCC(CCCCCCCC/C=C\C/C=C\C/C=C\CC)OCCCCNC. The van der Waals surface area contributed by atoms with Crippen molar-refractivity contribution < 1.29 is 4.74 Å². The van der Waals surface area contributed by atoms with Crippen molar-refractivity contribution in [1.29, 1.82) is 0 Å². The van der Waals surface area contributed by atoms with Crippen LogP contribution in [0.4, 0.5) is 0 Å². The van der Waals surface area contributed by atoms with Gasteiger partial charge in [0.1, 0.15) is 0 Å². The maximum absolute atomic E-state index is 6.38. The average molecular weight is 610 g/mol. The minimum Gasteiger partial charge on any atom is -0.378 e. The molecule has 0 atom stereocenters. The molecule has 2 nitrogen and oxygen atoms in total. The molecule has 0 unspecified atom stereocenters. The van der Waals surface area contributed by atoms with E-state index in [4.69, 9.17) is 4.74 Å². The van der Waals surface area contributed by atoms with Gasteiger partial charge in [-0.05, 0) is 103 Å². The second kappa shape index (κ2) is 39.4. The van der Waals surface area contributed by atoms with E-state index in [0.717, 1.165) is 51.7 Å². The lowest BCUT2D eigenvalue weighted by atomic mass is 10.0. The Balaban J connectivity index is 3.85. The Morgan fingerprint density at radius 3 is 1.25 bits per heavy atom. The molecule has 0 amide bonds. The highest BCUT2D eigenvalue weighted by molar-refractivity contribution is 4.98. The summed E-state index contributed by atoms with van der Waals surface area (Å²) in [4.78, 5) is 0. The Bertz CT molecular complexity index is 659. The Labute approximate surface area is 276 Å². The molecule has 0 aliphatic rings. The van der Waals surface area contributed by atoms with Gasteiger partial charge < -0.3 is 10.1 Å². The molecule has 0 saturated carbocycles. The molecule has 0 rings (SSSR count). The first-order valence-electron chi connectivity index (χ1n) is 19.0. The fraction of sp³-hybridized carbons (Fsp3) is 0.714. The van der Waals surface area contributed by atoms with Crippen molar-refractivity contribution in [2.75, 3.05) is 20.2 Å². The molecule has 0 aromatic rings. The number of hydrogen-bond acceptors (Lipinski definition) is 2. The van der Waals surface area contributed by atoms with Crippen LogP contribution in [-0.2, 0) is 4.74 Å². The first-order chi connectivity index (χ1) is 21.8. The van der Waals surface area contributed by atoms with Crippen LogP contribution in [0, 0.1) is 0 Å². The van der Waals surface area contributed by atoms with Gasteiger partial charge in [0.2, 0.25) is 0 Å². The van der Waals surface area contributed by atoms with Crippen LogP contribution in [0.5, 0.6) is 0 Å². The molecular formula is C42H75NO. The number of hydrogen-bond donors (Lipinski definition) is 1. The van der Waals surface area contributed by atoms with Gasteiger partial charge in [0.05, 0.1) is 6.10 Å². The highest BCUT2D eigenvalue weighted by atomic mass is 16.5. The predicted octanol–water partition coefficient (Wildman–Crippen LogP) is 13.3. The van der Waals surface area contributed by atoms with Crippen LogP contribution in [0.2, 0.25) is 0 Å². The maximum atomic E-state index is 6.38. The largest absolute Gasteiger partial charge is 0.378 e. The number of allylic oxidation sites excluding steroid dienone is 12. The van der Waals surface area contributed by atoms with Gasteiger partial charge in [-0.15, -0.1) is 0 Å². The van der Waals surface area contributed by atoms with E-state index in [-0.39, 0.29) is 0 Å². The fourth-order valence-electron chi connectivity index (χ4n) is 5.30. The van der Waals surface area contributed by atoms with Crippen LogP contribution in [0.25, 0.3) is 0 Å². The van der Waals surface area contributed by atoms with Crippen LogP contribution in [0.15, 0.2) is 72.9 Å². The first kappa shape index (κ1) is 42.4. The molecule has 0 radical (unpaired) electrons. The zero-order chi connectivity index (χ0) is 31.9. The molecule has 0 aromatic heterocycles.